The van der Waals surface area contributed by atoms with E-state index in [9.17, 15) is 0 Å². The number of nitrogens with zero attached hydrogens (tertiary/aromatic N) is 2. The lowest BCUT2D eigenvalue weighted by Gasteiger charge is -2.37. The molecule has 0 aromatic heterocycles. The molecule has 0 saturated carbocycles. The van der Waals surface area contributed by atoms with Gasteiger partial charge in [-0.2, -0.15) is 0 Å². The molecule has 0 amide bonds. The van der Waals surface area contributed by atoms with Crippen LogP contribution in [0.25, 0.3) is 5.70 Å². The molecule has 20 heavy (non-hydrogen) atoms. The van der Waals surface area contributed by atoms with Crippen LogP contribution in [0.3, 0.4) is 0 Å². The van der Waals surface area contributed by atoms with Gasteiger partial charge >= 0.3 is 0 Å². The Bertz CT molecular complexity index is 647. The Labute approximate surface area is 124 Å². The predicted molar refractivity (Wildman–Crippen MR) is 85.7 cm³/mol. The fourth-order valence-electron chi connectivity index (χ4n) is 2.64. The van der Waals surface area contributed by atoms with Gasteiger partial charge in [0.25, 0.3) is 0 Å². The molecule has 0 aliphatic carbocycles. The molecule has 102 valence electrons. The van der Waals surface area contributed by atoms with Gasteiger partial charge in [0.1, 0.15) is 0 Å². The minimum atomic E-state index is 0.831. The molecule has 0 saturated heterocycles. The lowest BCUT2D eigenvalue weighted by atomic mass is 10.0. The Morgan fingerprint density at radius 2 is 1.75 bits per heavy atom. The first-order valence-electron chi connectivity index (χ1n) is 6.69. The maximum absolute atomic E-state index is 6.33. The van der Waals surface area contributed by atoms with E-state index >= 15 is 0 Å². The van der Waals surface area contributed by atoms with Crippen molar-refractivity contribution < 1.29 is 0 Å². The molecule has 3 heteroatoms. The van der Waals surface area contributed by atoms with Crippen molar-refractivity contribution in [3.8, 4) is 0 Å². The van der Waals surface area contributed by atoms with Gasteiger partial charge in [-0.25, -0.2) is 5.01 Å². The van der Waals surface area contributed by atoms with Gasteiger partial charge in [-0.3, -0.25) is 5.01 Å². The van der Waals surface area contributed by atoms with E-state index in [1.54, 1.807) is 0 Å². The number of halogens is 1. The molecule has 0 unspecified atom stereocenters. The zero-order valence-electron chi connectivity index (χ0n) is 11.7. The summed E-state index contributed by atoms with van der Waals surface area (Å²) in [4.78, 5) is 0. The van der Waals surface area contributed by atoms with Gasteiger partial charge in [0, 0.05) is 19.1 Å². The Morgan fingerprint density at radius 1 is 1.00 bits per heavy atom. The highest BCUT2D eigenvalue weighted by Crippen LogP contribution is 2.37. The Balaban J connectivity index is 2.13. The zero-order valence-corrected chi connectivity index (χ0v) is 12.4. The molecule has 3 rings (SSSR count). The normalized spacial score (nSPS) is 14.2. The summed E-state index contributed by atoms with van der Waals surface area (Å²) in [5, 5.41) is 5.13. The first-order valence-corrected chi connectivity index (χ1v) is 7.06. The van der Waals surface area contributed by atoms with E-state index in [1.807, 2.05) is 32.3 Å². The van der Waals surface area contributed by atoms with Gasteiger partial charge in [0.05, 0.1) is 11.4 Å². The Kier molecular flexibility index (Phi) is 3.51. The van der Waals surface area contributed by atoms with Crippen LogP contribution in [0, 0.1) is 0 Å². The highest BCUT2D eigenvalue weighted by Gasteiger charge is 2.23. The molecule has 0 fully saturated rings. The van der Waals surface area contributed by atoms with Crippen LogP contribution in [0.4, 0.5) is 5.69 Å². The Hall–Kier alpha value is -1.77. The summed E-state index contributed by atoms with van der Waals surface area (Å²) >= 11 is 6.33. The van der Waals surface area contributed by atoms with Crippen LogP contribution in [-0.2, 0) is 6.42 Å². The third kappa shape index (κ3) is 2.21. The number of hydrogen-bond acceptors (Lipinski definition) is 2. The fraction of sp³-hybridized carbons (Fsp3) is 0.176. The van der Waals surface area contributed by atoms with Gasteiger partial charge in [-0.1, -0.05) is 54.1 Å². The molecule has 2 aromatic rings. The van der Waals surface area contributed by atoms with Gasteiger partial charge < -0.3 is 0 Å². The van der Waals surface area contributed by atoms with Crippen molar-refractivity contribution in [2.24, 2.45) is 0 Å². The van der Waals surface area contributed by atoms with Gasteiger partial charge in [-0.15, -0.1) is 0 Å². The molecule has 1 heterocycles. The molecular weight excluding hydrogens is 268 g/mol. The Morgan fingerprint density at radius 3 is 2.45 bits per heavy atom. The number of rotatable bonds is 2. The van der Waals surface area contributed by atoms with E-state index in [0.717, 1.165) is 17.1 Å². The lowest BCUT2D eigenvalue weighted by Crippen LogP contribution is -2.37. The van der Waals surface area contributed by atoms with Gasteiger partial charge in [-0.05, 0) is 29.7 Å². The van der Waals surface area contributed by atoms with Gasteiger partial charge in [0.15, 0.2) is 0 Å². The van der Waals surface area contributed by atoms with Crippen LogP contribution < -0.4 is 5.01 Å². The van der Waals surface area contributed by atoms with Gasteiger partial charge in [0.2, 0.25) is 0 Å². The number of hydrogen-bond donors (Lipinski definition) is 0. The first kappa shape index (κ1) is 13.2. The molecule has 2 nitrogen and oxygen atoms in total. The second-order valence-corrected chi connectivity index (χ2v) is 5.46. The second kappa shape index (κ2) is 5.31. The maximum atomic E-state index is 6.33. The molecule has 0 bridgehead atoms. The van der Waals surface area contributed by atoms with Crippen molar-refractivity contribution in [3.63, 3.8) is 0 Å². The molecule has 2 aromatic carbocycles. The molecule has 0 spiro atoms. The number of benzene rings is 2. The van der Waals surface area contributed by atoms with Crippen molar-refractivity contribution in [1.29, 1.82) is 0 Å². The summed E-state index contributed by atoms with van der Waals surface area (Å²) in [5.74, 6) is 0. The average molecular weight is 285 g/mol. The first-order chi connectivity index (χ1) is 9.68. The number of anilines is 1. The van der Waals surface area contributed by atoms with Crippen LogP contribution in [0.2, 0.25) is 5.02 Å². The van der Waals surface area contributed by atoms with Crippen LogP contribution in [0.5, 0.6) is 0 Å². The van der Waals surface area contributed by atoms with Crippen LogP contribution in [-0.4, -0.2) is 19.1 Å². The van der Waals surface area contributed by atoms with E-state index in [1.165, 1.54) is 16.8 Å². The van der Waals surface area contributed by atoms with Crippen molar-refractivity contribution >= 4 is 23.0 Å². The summed E-state index contributed by atoms with van der Waals surface area (Å²) < 4.78 is 0. The summed E-state index contributed by atoms with van der Waals surface area (Å²) in [5.41, 5.74) is 4.75. The third-order valence-electron chi connectivity index (χ3n) is 3.52. The van der Waals surface area contributed by atoms with E-state index in [4.69, 9.17) is 11.6 Å². The van der Waals surface area contributed by atoms with Crippen molar-refractivity contribution in [3.05, 3.63) is 70.8 Å². The monoisotopic (exact) mass is 284 g/mol. The largest absolute Gasteiger partial charge is 0.274 e. The van der Waals surface area contributed by atoms with Crippen LogP contribution >= 0.6 is 11.6 Å². The van der Waals surface area contributed by atoms with Crippen molar-refractivity contribution in [2.45, 2.75) is 6.42 Å². The topological polar surface area (TPSA) is 6.48 Å². The van der Waals surface area contributed by atoms with Crippen molar-refractivity contribution in [2.75, 3.05) is 19.1 Å². The molecule has 1 aliphatic rings. The second-order valence-electron chi connectivity index (χ2n) is 5.06. The number of fused-ring (bicyclic) bond motifs is 1. The molecule has 0 atom stereocenters. The van der Waals surface area contributed by atoms with E-state index in [-0.39, 0.29) is 0 Å². The van der Waals surface area contributed by atoms with E-state index in [0.29, 0.717) is 0 Å². The summed E-state index contributed by atoms with van der Waals surface area (Å²) in [7, 11) is 4.10. The van der Waals surface area contributed by atoms with Crippen LogP contribution in [0.1, 0.15) is 11.1 Å². The lowest BCUT2D eigenvalue weighted by molar-refractivity contribution is 0.418. The zero-order chi connectivity index (χ0) is 14.1. The standard InChI is InChI=1S/C17H17ClN2/c1-19(2)20-16(13-7-4-3-5-8-13)12-11-14-15(18)9-6-10-17(14)20/h3-10,12H,11H2,1-2H3. The summed E-state index contributed by atoms with van der Waals surface area (Å²) in [6.45, 7) is 0. The maximum Gasteiger partial charge on any atom is 0.0630 e. The minimum Gasteiger partial charge on any atom is -0.274 e. The summed E-state index contributed by atoms with van der Waals surface area (Å²) in [6.07, 6.45) is 3.10. The smallest absolute Gasteiger partial charge is 0.0630 e. The fourth-order valence-corrected chi connectivity index (χ4v) is 2.89. The SMILES string of the molecule is CN(C)N1C(c2ccccc2)=CCc2c(Cl)cccc21. The minimum absolute atomic E-state index is 0.831. The van der Waals surface area contributed by atoms with Crippen LogP contribution in [0.15, 0.2) is 54.6 Å². The molecule has 1 aliphatic heterocycles. The highest BCUT2D eigenvalue weighted by atomic mass is 35.5. The average Bonchev–Trinajstić information content (AvgIpc) is 2.47. The molecule has 0 radical (unpaired) electrons. The summed E-state index contributed by atoms with van der Waals surface area (Å²) in [6, 6.07) is 16.5. The molecule has 0 N–H and O–H groups in total. The third-order valence-corrected chi connectivity index (χ3v) is 3.87. The number of hydrazine groups is 1. The molecular formula is C17H17ClN2. The van der Waals surface area contributed by atoms with Crippen molar-refractivity contribution in [1.82, 2.24) is 5.01 Å². The van der Waals surface area contributed by atoms with E-state index < -0.39 is 0 Å². The van der Waals surface area contributed by atoms with E-state index in [2.05, 4.69) is 46.4 Å². The quantitative estimate of drug-likeness (QED) is 0.815. The predicted octanol–water partition coefficient (Wildman–Crippen LogP) is 4.22. The number of allylic oxidation sites excluding steroid dienone is 1. The highest BCUT2D eigenvalue weighted by molar-refractivity contribution is 6.31.